The number of carboxylic acids is 1. The van der Waals surface area contributed by atoms with Crippen molar-refractivity contribution in [2.45, 2.75) is 6.42 Å². The van der Waals surface area contributed by atoms with Crippen LogP contribution in [0.5, 0.6) is 0 Å². The van der Waals surface area contributed by atoms with E-state index in [0.717, 1.165) is 11.4 Å². The normalized spacial score (nSPS) is 10.5. The van der Waals surface area contributed by atoms with Crippen molar-refractivity contribution in [3.63, 3.8) is 0 Å². The molecule has 1 aromatic heterocycles. The molecule has 0 saturated heterocycles. The van der Waals surface area contributed by atoms with E-state index in [4.69, 9.17) is 5.11 Å². The molecule has 0 aliphatic rings. The molecular formula is C12H11BrN2O2. The molecule has 0 unspecified atom stereocenters. The van der Waals surface area contributed by atoms with Crippen LogP contribution in [0.25, 0.3) is 0 Å². The number of halogens is 1. The van der Waals surface area contributed by atoms with Gasteiger partial charge in [-0.2, -0.15) is 0 Å². The van der Waals surface area contributed by atoms with Crippen molar-refractivity contribution in [3.8, 4) is 0 Å². The zero-order valence-electron chi connectivity index (χ0n) is 9.22. The van der Waals surface area contributed by atoms with E-state index in [-0.39, 0.29) is 5.56 Å². The third kappa shape index (κ3) is 2.55. The fraction of sp³-hybridized carbons (Fsp3) is 0.167. The smallest absolute Gasteiger partial charge is 0.336 e. The Hall–Kier alpha value is -1.62. The van der Waals surface area contributed by atoms with E-state index in [2.05, 4.69) is 20.9 Å². The van der Waals surface area contributed by atoms with Crippen molar-refractivity contribution in [1.82, 2.24) is 9.55 Å². The summed E-state index contributed by atoms with van der Waals surface area (Å²) in [6.45, 7) is 0. The average Bonchev–Trinajstić information content (AvgIpc) is 2.67. The number of imidazole rings is 1. The third-order valence-electron chi connectivity index (χ3n) is 2.54. The lowest BCUT2D eigenvalue weighted by atomic mass is 10.1. The summed E-state index contributed by atoms with van der Waals surface area (Å²) in [5, 5.41) is 9.02. The van der Waals surface area contributed by atoms with Gasteiger partial charge < -0.3 is 9.67 Å². The molecule has 1 aromatic carbocycles. The van der Waals surface area contributed by atoms with Gasteiger partial charge in [-0.15, -0.1) is 0 Å². The first-order valence-electron chi connectivity index (χ1n) is 5.06. The monoisotopic (exact) mass is 294 g/mol. The van der Waals surface area contributed by atoms with Gasteiger partial charge in [0, 0.05) is 30.3 Å². The summed E-state index contributed by atoms with van der Waals surface area (Å²) in [6.07, 6.45) is 4.22. The number of aryl methyl sites for hydroxylation is 1. The van der Waals surface area contributed by atoms with E-state index in [1.165, 1.54) is 0 Å². The van der Waals surface area contributed by atoms with Crippen LogP contribution in [0, 0.1) is 0 Å². The summed E-state index contributed by atoms with van der Waals surface area (Å²) in [4.78, 5) is 15.2. The lowest BCUT2D eigenvalue weighted by Crippen LogP contribution is -2.02. The standard InChI is InChI=1S/C12H11BrN2O2/c1-15-5-4-14-11(15)7-8-2-3-10(13)9(6-8)12(16)17/h2-6H,7H2,1H3,(H,16,17). The second-order valence-corrected chi connectivity index (χ2v) is 4.60. The summed E-state index contributed by atoms with van der Waals surface area (Å²) >= 11 is 3.22. The van der Waals surface area contributed by atoms with Crippen LogP contribution in [0.2, 0.25) is 0 Å². The molecule has 0 radical (unpaired) electrons. The first-order valence-corrected chi connectivity index (χ1v) is 5.85. The van der Waals surface area contributed by atoms with E-state index in [1.54, 1.807) is 18.3 Å². The van der Waals surface area contributed by atoms with Gasteiger partial charge >= 0.3 is 5.97 Å². The Balaban J connectivity index is 2.32. The molecule has 0 bridgehead atoms. The molecule has 2 rings (SSSR count). The Bertz CT molecular complexity index is 563. The zero-order chi connectivity index (χ0) is 12.4. The van der Waals surface area contributed by atoms with Gasteiger partial charge in [0.2, 0.25) is 0 Å². The fourth-order valence-electron chi connectivity index (χ4n) is 1.60. The molecule has 0 saturated carbocycles. The molecule has 88 valence electrons. The van der Waals surface area contributed by atoms with E-state index >= 15 is 0 Å². The highest BCUT2D eigenvalue weighted by Gasteiger charge is 2.10. The topological polar surface area (TPSA) is 55.1 Å². The molecule has 0 atom stereocenters. The Morgan fingerprint density at radius 3 is 2.88 bits per heavy atom. The molecule has 0 amide bonds. The lowest BCUT2D eigenvalue weighted by molar-refractivity contribution is 0.0696. The van der Waals surface area contributed by atoms with E-state index in [0.29, 0.717) is 10.9 Å². The molecule has 2 aromatic rings. The number of benzene rings is 1. The molecule has 1 heterocycles. The van der Waals surface area contributed by atoms with Crippen molar-refractivity contribution in [2.75, 3.05) is 0 Å². The fourth-order valence-corrected chi connectivity index (χ4v) is 2.01. The Kier molecular flexibility index (Phi) is 3.28. The number of hydrogen-bond donors (Lipinski definition) is 1. The predicted molar refractivity (Wildman–Crippen MR) is 67.1 cm³/mol. The van der Waals surface area contributed by atoms with Crippen molar-refractivity contribution in [1.29, 1.82) is 0 Å². The summed E-state index contributed by atoms with van der Waals surface area (Å²) in [5.41, 5.74) is 1.21. The Labute approximate surface area is 107 Å². The highest BCUT2D eigenvalue weighted by molar-refractivity contribution is 9.10. The number of carbonyl (C=O) groups is 1. The minimum absolute atomic E-state index is 0.275. The Morgan fingerprint density at radius 2 is 2.29 bits per heavy atom. The second-order valence-electron chi connectivity index (χ2n) is 3.75. The molecule has 17 heavy (non-hydrogen) atoms. The quantitative estimate of drug-likeness (QED) is 0.946. The number of hydrogen-bond acceptors (Lipinski definition) is 2. The minimum atomic E-state index is -0.932. The molecular weight excluding hydrogens is 284 g/mol. The maximum atomic E-state index is 11.0. The van der Waals surface area contributed by atoms with Crippen molar-refractivity contribution >= 4 is 21.9 Å². The van der Waals surface area contributed by atoms with E-state index in [9.17, 15) is 4.79 Å². The van der Waals surface area contributed by atoms with Crippen LogP contribution in [0.4, 0.5) is 0 Å². The van der Waals surface area contributed by atoms with Gasteiger partial charge in [-0.25, -0.2) is 9.78 Å². The first kappa shape index (κ1) is 11.9. The number of nitrogens with zero attached hydrogens (tertiary/aromatic N) is 2. The van der Waals surface area contributed by atoms with Crippen molar-refractivity contribution in [2.24, 2.45) is 7.05 Å². The van der Waals surface area contributed by atoms with Crippen LogP contribution in [0.3, 0.4) is 0 Å². The maximum absolute atomic E-state index is 11.0. The van der Waals surface area contributed by atoms with Crippen molar-refractivity contribution < 1.29 is 9.90 Å². The minimum Gasteiger partial charge on any atom is -0.478 e. The highest BCUT2D eigenvalue weighted by Crippen LogP contribution is 2.19. The zero-order valence-corrected chi connectivity index (χ0v) is 10.8. The SMILES string of the molecule is Cn1ccnc1Cc1ccc(Br)c(C(=O)O)c1. The lowest BCUT2D eigenvalue weighted by Gasteiger charge is -2.05. The molecule has 0 fully saturated rings. The van der Waals surface area contributed by atoms with Gasteiger partial charge in [0.1, 0.15) is 5.82 Å². The second kappa shape index (κ2) is 4.71. The first-order chi connectivity index (χ1) is 8.08. The number of carboxylic acid groups (broad SMARTS) is 1. The van der Waals surface area contributed by atoms with Crippen LogP contribution in [-0.4, -0.2) is 20.6 Å². The van der Waals surface area contributed by atoms with Gasteiger partial charge in [-0.3, -0.25) is 0 Å². The largest absolute Gasteiger partial charge is 0.478 e. The molecule has 0 aliphatic heterocycles. The van der Waals surface area contributed by atoms with Gasteiger partial charge in [-0.1, -0.05) is 6.07 Å². The summed E-state index contributed by atoms with van der Waals surface area (Å²) in [7, 11) is 1.92. The average molecular weight is 295 g/mol. The van der Waals surface area contributed by atoms with Gasteiger partial charge in [0.25, 0.3) is 0 Å². The van der Waals surface area contributed by atoms with Crippen molar-refractivity contribution in [3.05, 3.63) is 52.0 Å². The number of aromatic carboxylic acids is 1. The summed E-state index contributed by atoms with van der Waals surface area (Å²) in [5.74, 6) is -0.0257. The summed E-state index contributed by atoms with van der Waals surface area (Å²) < 4.78 is 2.51. The predicted octanol–water partition coefficient (Wildman–Crippen LogP) is 2.47. The van der Waals surface area contributed by atoms with Crippen LogP contribution in [0.15, 0.2) is 35.1 Å². The maximum Gasteiger partial charge on any atom is 0.336 e. The van der Waals surface area contributed by atoms with Crippen LogP contribution >= 0.6 is 15.9 Å². The highest BCUT2D eigenvalue weighted by atomic mass is 79.9. The number of aromatic nitrogens is 2. The number of rotatable bonds is 3. The molecule has 4 nitrogen and oxygen atoms in total. The van der Waals surface area contributed by atoms with Gasteiger partial charge in [-0.05, 0) is 33.6 Å². The van der Waals surface area contributed by atoms with E-state index < -0.39 is 5.97 Å². The molecule has 5 heteroatoms. The molecule has 1 N–H and O–H groups in total. The molecule has 0 spiro atoms. The van der Waals surface area contributed by atoms with Gasteiger partial charge in [0.15, 0.2) is 0 Å². The van der Waals surface area contributed by atoms with Crippen LogP contribution in [0.1, 0.15) is 21.7 Å². The van der Waals surface area contributed by atoms with Crippen LogP contribution < -0.4 is 0 Å². The third-order valence-corrected chi connectivity index (χ3v) is 3.24. The van der Waals surface area contributed by atoms with Gasteiger partial charge in [0.05, 0.1) is 5.56 Å². The van der Waals surface area contributed by atoms with E-state index in [1.807, 2.05) is 23.9 Å². The molecule has 0 aliphatic carbocycles. The van der Waals surface area contributed by atoms with Crippen LogP contribution in [-0.2, 0) is 13.5 Å². The Morgan fingerprint density at radius 1 is 1.53 bits per heavy atom. The summed E-state index contributed by atoms with van der Waals surface area (Å²) in [6, 6.07) is 5.31.